The van der Waals surface area contributed by atoms with Crippen molar-refractivity contribution in [2.75, 3.05) is 7.11 Å². The second-order valence-electron chi connectivity index (χ2n) is 6.25. The fourth-order valence-electron chi connectivity index (χ4n) is 2.53. The van der Waals surface area contributed by atoms with Gasteiger partial charge in [-0.1, -0.05) is 53.5 Å². The number of alkyl halides is 3. The van der Waals surface area contributed by atoms with Crippen molar-refractivity contribution in [3.05, 3.63) is 101 Å². The van der Waals surface area contributed by atoms with Crippen LogP contribution < -0.4 is 4.74 Å². The van der Waals surface area contributed by atoms with Gasteiger partial charge in [-0.3, -0.25) is 0 Å². The van der Waals surface area contributed by atoms with E-state index in [9.17, 15) is 13.2 Å². The van der Waals surface area contributed by atoms with E-state index in [1.54, 1.807) is 31.4 Å². The molecule has 0 fully saturated rings. The monoisotopic (exact) mass is 409 g/mol. The summed E-state index contributed by atoms with van der Waals surface area (Å²) in [4.78, 5) is 5.51. The lowest BCUT2D eigenvalue weighted by Crippen LogP contribution is -2.06. The van der Waals surface area contributed by atoms with Gasteiger partial charge in [-0.25, -0.2) is 0 Å². The molecule has 0 radical (unpaired) electrons. The molecule has 0 bridgehead atoms. The highest BCUT2D eigenvalue weighted by Gasteiger charge is 2.30. The highest BCUT2D eigenvalue weighted by Crippen LogP contribution is 2.30. The smallest absolute Gasteiger partial charge is 0.416 e. The summed E-state index contributed by atoms with van der Waals surface area (Å²) in [5.74, 6) is 6.59. The SMILES string of the molecule is COc1ccc(C#CC(O/N=C/c2ccccc2)c2ccc(C(F)(F)F)cc2)cc1. The van der Waals surface area contributed by atoms with Crippen molar-refractivity contribution < 1.29 is 22.7 Å². The standard InChI is InChI=1S/C24H18F3NO2/c1-29-22-14-7-18(8-15-22)9-16-23(30-28-17-19-5-3-2-4-6-19)20-10-12-21(13-11-20)24(25,26)27/h2-8,10-15,17,23H,1H3/b28-17+. The highest BCUT2D eigenvalue weighted by atomic mass is 19.4. The van der Waals surface area contributed by atoms with E-state index in [1.807, 2.05) is 30.3 Å². The van der Waals surface area contributed by atoms with Crippen LogP contribution in [0.25, 0.3) is 0 Å². The van der Waals surface area contributed by atoms with E-state index in [0.717, 1.165) is 17.7 Å². The van der Waals surface area contributed by atoms with Crippen LogP contribution in [0.4, 0.5) is 13.2 Å². The first-order chi connectivity index (χ1) is 14.5. The van der Waals surface area contributed by atoms with E-state index < -0.39 is 17.8 Å². The number of halogens is 3. The molecule has 0 aliphatic rings. The van der Waals surface area contributed by atoms with Gasteiger partial charge in [0.15, 0.2) is 0 Å². The molecule has 3 rings (SSSR count). The summed E-state index contributed by atoms with van der Waals surface area (Å²) in [7, 11) is 1.57. The minimum atomic E-state index is -4.41. The molecule has 1 unspecified atom stereocenters. The van der Waals surface area contributed by atoms with Gasteiger partial charge in [0.05, 0.1) is 18.9 Å². The summed E-state index contributed by atoms with van der Waals surface area (Å²) in [6.45, 7) is 0. The number of nitrogens with zero attached hydrogens (tertiary/aromatic N) is 1. The Morgan fingerprint density at radius 2 is 1.57 bits per heavy atom. The van der Waals surface area contributed by atoms with Crippen LogP contribution in [0.2, 0.25) is 0 Å². The Morgan fingerprint density at radius 1 is 0.900 bits per heavy atom. The molecule has 152 valence electrons. The van der Waals surface area contributed by atoms with Crippen LogP contribution in [0, 0.1) is 11.8 Å². The number of ether oxygens (including phenoxy) is 1. The van der Waals surface area contributed by atoms with Gasteiger partial charge >= 0.3 is 6.18 Å². The topological polar surface area (TPSA) is 30.8 Å². The first-order valence-electron chi connectivity index (χ1n) is 9.03. The number of methoxy groups -OCH3 is 1. The first kappa shape index (κ1) is 21.0. The van der Waals surface area contributed by atoms with E-state index in [4.69, 9.17) is 9.57 Å². The maximum atomic E-state index is 12.8. The first-order valence-corrected chi connectivity index (χ1v) is 9.03. The second kappa shape index (κ2) is 9.66. The van der Waals surface area contributed by atoms with Gasteiger partial charge in [0.2, 0.25) is 6.10 Å². The van der Waals surface area contributed by atoms with Crippen LogP contribution in [0.5, 0.6) is 5.75 Å². The van der Waals surface area contributed by atoms with Crippen LogP contribution in [0.3, 0.4) is 0 Å². The number of benzene rings is 3. The Balaban J connectivity index is 1.84. The Kier molecular flexibility index (Phi) is 6.76. The molecule has 0 heterocycles. The van der Waals surface area contributed by atoms with Crippen LogP contribution in [0.1, 0.15) is 28.4 Å². The molecule has 0 aliphatic heterocycles. The van der Waals surface area contributed by atoms with E-state index >= 15 is 0 Å². The van der Waals surface area contributed by atoms with E-state index in [-0.39, 0.29) is 0 Å². The van der Waals surface area contributed by atoms with Crippen molar-refractivity contribution in [1.29, 1.82) is 0 Å². The van der Waals surface area contributed by atoms with Crippen molar-refractivity contribution in [2.45, 2.75) is 12.3 Å². The minimum Gasteiger partial charge on any atom is -0.497 e. The third-order valence-electron chi connectivity index (χ3n) is 4.15. The molecule has 0 N–H and O–H groups in total. The number of hydrogen-bond acceptors (Lipinski definition) is 3. The zero-order chi connectivity index (χ0) is 21.4. The van der Waals surface area contributed by atoms with Crippen molar-refractivity contribution in [2.24, 2.45) is 5.16 Å². The van der Waals surface area contributed by atoms with E-state index in [2.05, 4.69) is 17.0 Å². The molecule has 1 atom stereocenters. The van der Waals surface area contributed by atoms with Crippen LogP contribution in [-0.4, -0.2) is 13.3 Å². The number of hydrogen-bond donors (Lipinski definition) is 0. The van der Waals surface area contributed by atoms with Gasteiger partial charge in [-0.15, -0.1) is 0 Å². The molecule has 0 spiro atoms. The largest absolute Gasteiger partial charge is 0.497 e. The maximum Gasteiger partial charge on any atom is 0.416 e. The van der Waals surface area contributed by atoms with E-state index in [0.29, 0.717) is 16.9 Å². The fourth-order valence-corrected chi connectivity index (χ4v) is 2.53. The third-order valence-corrected chi connectivity index (χ3v) is 4.15. The van der Waals surface area contributed by atoms with Crippen LogP contribution >= 0.6 is 0 Å². The van der Waals surface area contributed by atoms with Crippen molar-refractivity contribution in [1.82, 2.24) is 0 Å². The zero-order valence-corrected chi connectivity index (χ0v) is 16.1. The lowest BCUT2D eigenvalue weighted by molar-refractivity contribution is -0.137. The number of oxime groups is 1. The Bertz CT molecular complexity index is 1030. The van der Waals surface area contributed by atoms with Crippen molar-refractivity contribution >= 4 is 6.21 Å². The molecule has 30 heavy (non-hydrogen) atoms. The molecule has 3 nitrogen and oxygen atoms in total. The Morgan fingerprint density at radius 3 is 2.17 bits per heavy atom. The van der Waals surface area contributed by atoms with Gasteiger partial charge in [-0.2, -0.15) is 13.2 Å². The molecule has 0 aromatic heterocycles. The van der Waals surface area contributed by atoms with Gasteiger partial charge < -0.3 is 9.57 Å². The lowest BCUT2D eigenvalue weighted by atomic mass is 10.1. The summed E-state index contributed by atoms with van der Waals surface area (Å²) in [6, 6.07) is 21.1. The van der Waals surface area contributed by atoms with Gasteiger partial charge in [0, 0.05) is 11.1 Å². The molecule has 0 amide bonds. The summed E-state index contributed by atoms with van der Waals surface area (Å²) in [5, 5.41) is 3.96. The molecule has 0 saturated carbocycles. The number of rotatable bonds is 5. The highest BCUT2D eigenvalue weighted by molar-refractivity contribution is 5.78. The quantitative estimate of drug-likeness (QED) is 0.300. The van der Waals surface area contributed by atoms with Gasteiger partial charge in [0.25, 0.3) is 0 Å². The molecule has 0 saturated heterocycles. The molecule has 6 heteroatoms. The summed E-state index contributed by atoms with van der Waals surface area (Å²) in [6.07, 6.45) is -3.73. The zero-order valence-electron chi connectivity index (χ0n) is 16.1. The second-order valence-corrected chi connectivity index (χ2v) is 6.25. The molecular weight excluding hydrogens is 391 g/mol. The predicted octanol–water partition coefficient (Wildman–Crippen LogP) is 5.86. The molecule has 0 aliphatic carbocycles. The normalized spacial score (nSPS) is 12.1. The van der Waals surface area contributed by atoms with Crippen LogP contribution in [0.15, 0.2) is 84.0 Å². The third kappa shape index (κ3) is 5.89. The van der Waals surface area contributed by atoms with Crippen LogP contribution in [-0.2, 0) is 11.0 Å². The summed E-state index contributed by atoms with van der Waals surface area (Å²) >= 11 is 0. The van der Waals surface area contributed by atoms with Crippen molar-refractivity contribution in [3.8, 4) is 17.6 Å². The Hall–Kier alpha value is -3.72. The predicted molar refractivity (Wildman–Crippen MR) is 109 cm³/mol. The minimum absolute atomic E-state index is 0.467. The fraction of sp³-hybridized carbons (Fsp3) is 0.125. The molecule has 3 aromatic rings. The summed E-state index contributed by atoms with van der Waals surface area (Å²) < 4.78 is 43.7. The average Bonchev–Trinajstić information content (AvgIpc) is 2.76. The van der Waals surface area contributed by atoms with E-state index in [1.165, 1.54) is 18.3 Å². The molecular formula is C24H18F3NO2. The summed E-state index contributed by atoms with van der Waals surface area (Å²) in [5.41, 5.74) is 1.27. The lowest BCUT2D eigenvalue weighted by Gasteiger charge is -2.11. The average molecular weight is 409 g/mol. The van der Waals surface area contributed by atoms with Gasteiger partial charge in [-0.05, 0) is 47.9 Å². The van der Waals surface area contributed by atoms with Gasteiger partial charge in [0.1, 0.15) is 5.75 Å². The molecule has 3 aromatic carbocycles. The maximum absolute atomic E-state index is 12.8. The Labute approximate surface area is 172 Å². The van der Waals surface area contributed by atoms with Crippen molar-refractivity contribution in [3.63, 3.8) is 0 Å².